The molecular formula is C12H21N3O. The van der Waals surface area contributed by atoms with Crippen LogP contribution in [0.25, 0.3) is 0 Å². The lowest BCUT2D eigenvalue weighted by Gasteiger charge is -2.49. The van der Waals surface area contributed by atoms with Crippen LogP contribution in [0.2, 0.25) is 0 Å². The van der Waals surface area contributed by atoms with Gasteiger partial charge in [-0.25, -0.2) is 5.43 Å². The van der Waals surface area contributed by atoms with E-state index in [0.29, 0.717) is 18.2 Å². The van der Waals surface area contributed by atoms with Crippen LogP contribution in [0, 0.1) is 17.8 Å². The van der Waals surface area contributed by atoms with Crippen LogP contribution < -0.4 is 16.2 Å². The maximum Gasteiger partial charge on any atom is 0.0765 e. The van der Waals surface area contributed by atoms with Crippen LogP contribution in [-0.4, -0.2) is 29.5 Å². The molecule has 4 N–H and O–H groups in total. The number of nitrogens with one attached hydrogen (secondary N) is 3. The molecule has 4 aliphatic rings. The van der Waals surface area contributed by atoms with Crippen molar-refractivity contribution in [3.05, 3.63) is 0 Å². The van der Waals surface area contributed by atoms with E-state index in [2.05, 4.69) is 16.2 Å². The van der Waals surface area contributed by atoms with Gasteiger partial charge in [0.1, 0.15) is 0 Å². The summed E-state index contributed by atoms with van der Waals surface area (Å²) in [7, 11) is 0. The second-order valence-corrected chi connectivity index (χ2v) is 6.11. The van der Waals surface area contributed by atoms with Crippen LogP contribution >= 0.6 is 0 Å². The number of hydrazine groups is 1. The van der Waals surface area contributed by atoms with Crippen molar-refractivity contribution in [3.63, 3.8) is 0 Å². The molecule has 0 radical (unpaired) electrons. The van der Waals surface area contributed by atoms with Gasteiger partial charge in [-0.1, -0.05) is 0 Å². The van der Waals surface area contributed by atoms with E-state index in [1.807, 2.05) is 0 Å². The number of hydrogen-bond acceptors (Lipinski definition) is 4. The monoisotopic (exact) mass is 223 g/mol. The highest BCUT2D eigenvalue weighted by Gasteiger charge is 2.55. The second kappa shape index (κ2) is 3.42. The number of aliphatic hydroxyl groups is 1. The summed E-state index contributed by atoms with van der Waals surface area (Å²) in [5.74, 6) is 2.34. The Morgan fingerprint density at radius 2 is 1.88 bits per heavy atom. The summed E-state index contributed by atoms with van der Waals surface area (Å²) in [6.45, 7) is 0. The van der Waals surface area contributed by atoms with Gasteiger partial charge in [0.25, 0.3) is 0 Å². The normalized spacial score (nSPS) is 59.4. The first-order valence-electron chi connectivity index (χ1n) is 6.78. The van der Waals surface area contributed by atoms with Crippen LogP contribution in [0.5, 0.6) is 0 Å². The zero-order chi connectivity index (χ0) is 10.7. The third-order valence-corrected chi connectivity index (χ3v) is 5.39. The molecule has 4 fully saturated rings. The summed E-state index contributed by atoms with van der Waals surface area (Å²) in [6.07, 6.45) is 6.40. The largest absolute Gasteiger partial charge is 0.393 e. The average molecular weight is 223 g/mol. The van der Waals surface area contributed by atoms with E-state index >= 15 is 0 Å². The van der Waals surface area contributed by atoms with Crippen molar-refractivity contribution in [1.29, 1.82) is 0 Å². The Labute approximate surface area is 96.1 Å². The topological polar surface area (TPSA) is 56.3 Å². The minimum atomic E-state index is -0.0408. The molecule has 0 aromatic rings. The van der Waals surface area contributed by atoms with E-state index in [9.17, 15) is 5.11 Å². The quantitative estimate of drug-likeness (QED) is 0.465. The Balaban J connectivity index is 1.60. The third kappa shape index (κ3) is 1.24. The summed E-state index contributed by atoms with van der Waals surface area (Å²) in [5.41, 5.74) is 6.77. The smallest absolute Gasteiger partial charge is 0.0765 e. The van der Waals surface area contributed by atoms with Gasteiger partial charge in [0.2, 0.25) is 0 Å². The van der Waals surface area contributed by atoms with Crippen molar-refractivity contribution in [2.24, 2.45) is 17.8 Å². The van der Waals surface area contributed by atoms with Gasteiger partial charge in [-0.2, -0.15) is 0 Å². The molecule has 4 heteroatoms. The van der Waals surface area contributed by atoms with Crippen LogP contribution in [0.3, 0.4) is 0 Å². The lowest BCUT2D eigenvalue weighted by molar-refractivity contribution is 0.00897. The summed E-state index contributed by atoms with van der Waals surface area (Å²) in [6, 6.07) is 1.32. The Bertz CT molecular complexity index is 298. The Kier molecular flexibility index (Phi) is 2.10. The highest BCUT2D eigenvalue weighted by atomic mass is 16.3. The maximum atomic E-state index is 9.86. The van der Waals surface area contributed by atoms with Crippen LogP contribution in [0.4, 0.5) is 0 Å². The van der Waals surface area contributed by atoms with Crippen LogP contribution in [-0.2, 0) is 0 Å². The molecule has 0 bridgehead atoms. The van der Waals surface area contributed by atoms with Gasteiger partial charge in [-0.15, -0.1) is 0 Å². The first-order valence-corrected chi connectivity index (χ1v) is 6.78. The molecule has 4 nitrogen and oxygen atoms in total. The SMILES string of the molecule is OC1CCC2CCC3NNC4NC(C2C1)C34. The fraction of sp³-hybridized carbons (Fsp3) is 1.00. The van der Waals surface area contributed by atoms with E-state index in [1.54, 1.807) is 0 Å². The van der Waals surface area contributed by atoms with Gasteiger partial charge >= 0.3 is 0 Å². The van der Waals surface area contributed by atoms with Crippen molar-refractivity contribution in [2.75, 3.05) is 0 Å². The zero-order valence-corrected chi connectivity index (χ0v) is 9.52. The van der Waals surface area contributed by atoms with Crippen molar-refractivity contribution in [3.8, 4) is 0 Å². The van der Waals surface area contributed by atoms with Crippen molar-refractivity contribution < 1.29 is 5.11 Å². The summed E-state index contributed by atoms with van der Waals surface area (Å²) >= 11 is 0. The van der Waals surface area contributed by atoms with Gasteiger partial charge in [-0.05, 0) is 43.9 Å². The van der Waals surface area contributed by atoms with Gasteiger partial charge in [0.05, 0.1) is 12.3 Å². The molecular weight excluding hydrogens is 202 g/mol. The average Bonchev–Trinajstić information content (AvgIpc) is 2.49. The Hall–Kier alpha value is -0.160. The number of aliphatic hydroxyl groups excluding tert-OH is 1. The van der Waals surface area contributed by atoms with Crippen LogP contribution in [0.1, 0.15) is 32.1 Å². The van der Waals surface area contributed by atoms with E-state index in [0.717, 1.165) is 30.6 Å². The molecule has 0 amide bonds. The van der Waals surface area contributed by atoms with Gasteiger partial charge in [-0.3, -0.25) is 10.7 Å². The second-order valence-electron chi connectivity index (χ2n) is 6.11. The number of rotatable bonds is 0. The summed E-state index contributed by atoms with van der Waals surface area (Å²) < 4.78 is 0. The molecule has 0 aromatic carbocycles. The van der Waals surface area contributed by atoms with Gasteiger partial charge < -0.3 is 5.11 Å². The lowest BCUT2D eigenvalue weighted by atomic mass is 9.68. The molecule has 2 aliphatic heterocycles. The van der Waals surface area contributed by atoms with Crippen molar-refractivity contribution >= 4 is 0 Å². The Morgan fingerprint density at radius 3 is 2.81 bits per heavy atom. The molecule has 16 heavy (non-hydrogen) atoms. The van der Waals surface area contributed by atoms with E-state index in [-0.39, 0.29) is 6.10 Å². The molecule has 2 saturated heterocycles. The number of fused-ring (bicyclic) bond motifs is 2. The summed E-state index contributed by atoms with van der Waals surface area (Å²) in [4.78, 5) is 0. The number of hydrogen-bond donors (Lipinski definition) is 4. The highest BCUT2D eigenvalue weighted by Crippen LogP contribution is 2.46. The standard InChI is InChI=1S/C12H21N3O/c16-7-3-1-6-2-4-9-10-11(8(6)5-7)13-12(10)15-14-9/h6-16H,1-5H2. The molecule has 2 heterocycles. The lowest BCUT2D eigenvalue weighted by Crippen LogP contribution is -2.68. The van der Waals surface area contributed by atoms with Crippen molar-refractivity contribution in [1.82, 2.24) is 16.2 Å². The molecule has 4 rings (SSSR count). The maximum absolute atomic E-state index is 9.86. The van der Waals surface area contributed by atoms with E-state index < -0.39 is 0 Å². The van der Waals surface area contributed by atoms with E-state index in [4.69, 9.17) is 0 Å². The molecule has 0 aromatic heterocycles. The zero-order valence-electron chi connectivity index (χ0n) is 9.52. The first-order chi connectivity index (χ1) is 7.83. The first kappa shape index (κ1) is 9.83. The highest BCUT2D eigenvalue weighted by molar-refractivity contribution is 5.11. The molecule has 90 valence electrons. The molecule has 2 saturated carbocycles. The van der Waals surface area contributed by atoms with Crippen molar-refractivity contribution in [2.45, 2.75) is 56.5 Å². The minimum absolute atomic E-state index is 0.0408. The minimum Gasteiger partial charge on any atom is -0.393 e. The predicted octanol–water partition coefficient (Wildman–Crippen LogP) is -0.0521. The Morgan fingerprint density at radius 1 is 1.00 bits per heavy atom. The molecule has 2 aliphatic carbocycles. The molecule has 7 unspecified atom stereocenters. The van der Waals surface area contributed by atoms with E-state index in [1.165, 1.54) is 19.3 Å². The fourth-order valence-corrected chi connectivity index (χ4v) is 4.54. The van der Waals surface area contributed by atoms with Gasteiger partial charge in [0.15, 0.2) is 0 Å². The fourth-order valence-electron chi connectivity index (χ4n) is 4.54. The molecule has 7 atom stereocenters. The third-order valence-electron chi connectivity index (χ3n) is 5.39. The van der Waals surface area contributed by atoms with Gasteiger partial charge in [0, 0.05) is 18.0 Å². The predicted molar refractivity (Wildman–Crippen MR) is 60.3 cm³/mol. The molecule has 0 spiro atoms. The van der Waals surface area contributed by atoms with Crippen LogP contribution in [0.15, 0.2) is 0 Å². The summed E-state index contributed by atoms with van der Waals surface area (Å²) in [5, 5.41) is 13.5.